The summed E-state index contributed by atoms with van der Waals surface area (Å²) >= 11 is 0. The van der Waals surface area contributed by atoms with Crippen LogP contribution in [0.25, 0.3) is 0 Å². The highest BCUT2D eigenvalue weighted by atomic mass is 28.5. The molecule has 192 valence electrons. The summed E-state index contributed by atoms with van der Waals surface area (Å²) in [5, 5.41) is 0. The Morgan fingerprint density at radius 1 is 0.656 bits per heavy atom. The Kier molecular flexibility index (Phi) is 12.2. The highest BCUT2D eigenvalue weighted by Crippen LogP contribution is 2.28. The largest absolute Gasteiger partial charge is 0.436 e. The monoisotopic (exact) mass is 542 g/mol. The molecular weight excluding hydrogens is 493 g/mol. The summed E-state index contributed by atoms with van der Waals surface area (Å²) in [6.45, 7) is 25.1. The Morgan fingerprint density at radius 3 is 1.47 bits per heavy atom. The van der Waals surface area contributed by atoms with Crippen LogP contribution in [-0.4, -0.2) is 82.0 Å². The van der Waals surface area contributed by atoms with Gasteiger partial charge in [-0.1, -0.05) is 0 Å². The molecule has 0 saturated carbocycles. The zero-order chi connectivity index (χ0) is 24.7. The molecule has 1 heterocycles. The predicted octanol–water partition coefficient (Wildman–Crippen LogP) is 5.41. The molecule has 0 aliphatic carbocycles. The molecule has 0 amide bonds. The number of rotatable bonds is 18. The second kappa shape index (κ2) is 12.7. The molecule has 32 heavy (non-hydrogen) atoms. The number of hydrogen-bond donors (Lipinski definition) is 0. The van der Waals surface area contributed by atoms with Crippen LogP contribution in [0.15, 0.2) is 0 Å². The van der Waals surface area contributed by atoms with Gasteiger partial charge >= 0.3 is 25.7 Å². The van der Waals surface area contributed by atoms with Gasteiger partial charge in [0.25, 0.3) is 0 Å². The summed E-state index contributed by atoms with van der Waals surface area (Å²) in [7, 11) is -8.97. The third kappa shape index (κ3) is 14.9. The minimum Gasteiger partial charge on any atom is -0.436 e. The molecule has 1 saturated heterocycles. The van der Waals surface area contributed by atoms with Gasteiger partial charge in [0.2, 0.25) is 0 Å². The lowest BCUT2D eigenvalue weighted by atomic mass is 10.5. The van der Waals surface area contributed by atoms with Gasteiger partial charge in [-0.05, 0) is 90.4 Å². The van der Waals surface area contributed by atoms with Crippen LogP contribution in [0.5, 0.6) is 0 Å². The molecule has 1 atom stereocenters. The first kappa shape index (κ1) is 30.8. The van der Waals surface area contributed by atoms with E-state index in [9.17, 15) is 0 Å². The van der Waals surface area contributed by atoms with E-state index in [-0.39, 0.29) is 0 Å². The third-order valence-corrected chi connectivity index (χ3v) is 24.3. The van der Waals surface area contributed by atoms with Crippen molar-refractivity contribution in [2.24, 2.45) is 0 Å². The standard InChI is InChI=1S/C20H50O7Si5/c1-21-14-12-16-28(2,3)24-30(6,7)26-32(10,11)27-31(8,9)25-29(4,5)17-13-15-22-18-20-19-23-20/h20H,12-19H2,1-11H3. The van der Waals surface area contributed by atoms with Crippen molar-refractivity contribution in [2.75, 3.05) is 33.5 Å². The molecule has 0 aromatic carbocycles. The molecule has 1 aliphatic rings. The van der Waals surface area contributed by atoms with Crippen molar-refractivity contribution in [3.63, 3.8) is 0 Å². The second-order valence-electron chi connectivity index (χ2n) is 11.4. The van der Waals surface area contributed by atoms with Gasteiger partial charge in [0.1, 0.15) is 6.10 Å². The molecule has 0 radical (unpaired) electrons. The van der Waals surface area contributed by atoms with Gasteiger partial charge in [-0.2, -0.15) is 0 Å². The van der Waals surface area contributed by atoms with E-state index < -0.39 is 42.3 Å². The Labute approximate surface area is 202 Å². The van der Waals surface area contributed by atoms with Crippen molar-refractivity contribution in [3.05, 3.63) is 0 Å². The third-order valence-electron chi connectivity index (χ3n) is 4.93. The van der Waals surface area contributed by atoms with Crippen LogP contribution >= 0.6 is 0 Å². The van der Waals surface area contributed by atoms with Crippen molar-refractivity contribution in [2.45, 2.75) is 96.5 Å². The number of methoxy groups -OCH3 is 1. The lowest BCUT2D eigenvalue weighted by Crippen LogP contribution is -2.58. The average molecular weight is 543 g/mol. The molecule has 0 spiro atoms. The van der Waals surface area contributed by atoms with Gasteiger partial charge in [0, 0.05) is 20.3 Å². The number of epoxide rings is 1. The fourth-order valence-corrected chi connectivity index (χ4v) is 28.9. The molecule has 1 fully saturated rings. The predicted molar refractivity (Wildman–Crippen MR) is 143 cm³/mol. The van der Waals surface area contributed by atoms with Crippen LogP contribution in [0.4, 0.5) is 0 Å². The van der Waals surface area contributed by atoms with E-state index >= 15 is 0 Å². The van der Waals surface area contributed by atoms with Crippen LogP contribution in [-0.2, 0) is 30.7 Å². The second-order valence-corrected chi connectivity index (χ2v) is 31.1. The maximum atomic E-state index is 6.68. The first-order valence-electron chi connectivity index (χ1n) is 12.0. The van der Waals surface area contributed by atoms with Crippen LogP contribution in [0, 0.1) is 0 Å². The average Bonchev–Trinajstić information content (AvgIpc) is 3.33. The van der Waals surface area contributed by atoms with Gasteiger partial charge in [-0.3, -0.25) is 0 Å². The molecule has 0 aromatic rings. The van der Waals surface area contributed by atoms with Gasteiger partial charge in [0.05, 0.1) is 13.2 Å². The molecule has 0 N–H and O–H groups in total. The Balaban J connectivity index is 2.52. The molecule has 0 bridgehead atoms. The highest BCUT2D eigenvalue weighted by molar-refractivity contribution is 6.90. The topological polar surface area (TPSA) is 67.9 Å². The van der Waals surface area contributed by atoms with Crippen LogP contribution < -0.4 is 0 Å². The van der Waals surface area contributed by atoms with Crippen molar-refractivity contribution in [1.82, 2.24) is 0 Å². The maximum Gasteiger partial charge on any atom is 0.314 e. The Morgan fingerprint density at radius 2 is 1.06 bits per heavy atom. The molecular formula is C20H50O7Si5. The van der Waals surface area contributed by atoms with Crippen molar-refractivity contribution in [3.8, 4) is 0 Å². The molecule has 12 heteroatoms. The van der Waals surface area contributed by atoms with Crippen molar-refractivity contribution < 1.29 is 30.7 Å². The van der Waals surface area contributed by atoms with E-state index in [1.807, 2.05) is 0 Å². The smallest absolute Gasteiger partial charge is 0.314 e. The molecule has 1 unspecified atom stereocenters. The van der Waals surface area contributed by atoms with E-state index in [4.69, 9.17) is 30.7 Å². The summed E-state index contributed by atoms with van der Waals surface area (Å²) in [5.74, 6) is 0. The quantitative estimate of drug-likeness (QED) is 0.130. The van der Waals surface area contributed by atoms with E-state index in [1.165, 1.54) is 0 Å². The Bertz CT molecular complexity index is 554. The van der Waals surface area contributed by atoms with E-state index in [0.29, 0.717) is 6.10 Å². The maximum absolute atomic E-state index is 6.68. The molecule has 1 aliphatic heterocycles. The molecule has 7 nitrogen and oxygen atoms in total. The first-order valence-corrected chi connectivity index (χ1v) is 26.6. The van der Waals surface area contributed by atoms with E-state index in [2.05, 4.69) is 65.5 Å². The van der Waals surface area contributed by atoms with E-state index in [1.54, 1.807) is 7.11 Å². The van der Waals surface area contributed by atoms with Crippen molar-refractivity contribution in [1.29, 1.82) is 0 Å². The zero-order valence-electron chi connectivity index (χ0n) is 22.6. The minimum absolute atomic E-state index is 0.332. The Hall–Kier alpha value is 0.804. The summed E-state index contributed by atoms with van der Waals surface area (Å²) in [4.78, 5) is 0. The van der Waals surface area contributed by atoms with Gasteiger partial charge in [0.15, 0.2) is 16.6 Å². The van der Waals surface area contributed by atoms with Crippen LogP contribution in [0.2, 0.25) is 77.6 Å². The van der Waals surface area contributed by atoms with Gasteiger partial charge in [-0.15, -0.1) is 0 Å². The summed E-state index contributed by atoms with van der Waals surface area (Å²) in [6, 6.07) is 2.13. The van der Waals surface area contributed by atoms with Gasteiger partial charge in [-0.25, -0.2) is 0 Å². The number of hydrogen-bond acceptors (Lipinski definition) is 7. The first-order chi connectivity index (χ1) is 14.5. The fraction of sp³-hybridized carbons (Fsp3) is 1.00. The summed E-state index contributed by atoms with van der Waals surface area (Å²) < 4.78 is 42.7. The summed E-state index contributed by atoms with van der Waals surface area (Å²) in [5.41, 5.74) is 0. The van der Waals surface area contributed by atoms with Crippen LogP contribution in [0.1, 0.15) is 12.8 Å². The lowest BCUT2D eigenvalue weighted by Gasteiger charge is -2.42. The van der Waals surface area contributed by atoms with E-state index in [0.717, 1.165) is 51.4 Å². The number of ether oxygens (including phenoxy) is 3. The van der Waals surface area contributed by atoms with Crippen molar-refractivity contribution >= 4 is 42.3 Å². The normalized spacial score (nSPS) is 18.3. The summed E-state index contributed by atoms with van der Waals surface area (Å²) in [6.07, 6.45) is 2.38. The zero-order valence-corrected chi connectivity index (χ0v) is 27.6. The molecule has 1 rings (SSSR count). The van der Waals surface area contributed by atoms with Gasteiger partial charge < -0.3 is 30.7 Å². The van der Waals surface area contributed by atoms with Crippen LogP contribution in [0.3, 0.4) is 0 Å². The lowest BCUT2D eigenvalue weighted by molar-refractivity contribution is 0.116. The minimum atomic E-state index is -2.41. The SMILES string of the molecule is COCCC[Si](C)(C)O[Si](C)(C)O[Si](C)(C)O[Si](C)(C)O[Si](C)(C)CCCOCC1CO1. The highest BCUT2D eigenvalue weighted by Gasteiger charge is 2.45. The molecule has 0 aromatic heterocycles. The fourth-order valence-electron chi connectivity index (χ4n) is 4.30.